The van der Waals surface area contributed by atoms with Gasteiger partial charge in [0.15, 0.2) is 0 Å². The minimum atomic E-state index is -3.56. The SMILES string of the molecule is Cc1ccc(C)c(S(=O)(=O)N(C)CCOc2ccc(F)cc2)c1. The molecule has 124 valence electrons. The van der Waals surface area contributed by atoms with Crippen molar-refractivity contribution in [2.45, 2.75) is 18.7 Å². The van der Waals surface area contributed by atoms with E-state index in [4.69, 9.17) is 4.74 Å². The summed E-state index contributed by atoms with van der Waals surface area (Å²) in [6, 6.07) is 11.0. The molecule has 0 fully saturated rings. The largest absolute Gasteiger partial charge is 0.492 e. The molecule has 0 aliphatic rings. The maximum absolute atomic E-state index is 12.8. The van der Waals surface area contributed by atoms with Crippen molar-refractivity contribution >= 4 is 10.0 Å². The number of sulfonamides is 1. The van der Waals surface area contributed by atoms with E-state index in [0.717, 1.165) is 5.56 Å². The first-order valence-electron chi connectivity index (χ1n) is 7.22. The number of ether oxygens (including phenoxy) is 1. The van der Waals surface area contributed by atoms with Crippen molar-refractivity contribution in [3.8, 4) is 5.75 Å². The summed E-state index contributed by atoms with van der Waals surface area (Å²) in [4.78, 5) is 0.307. The van der Waals surface area contributed by atoms with E-state index < -0.39 is 10.0 Å². The Hall–Kier alpha value is -1.92. The minimum Gasteiger partial charge on any atom is -0.492 e. The fourth-order valence-corrected chi connectivity index (χ4v) is 3.56. The first-order chi connectivity index (χ1) is 10.8. The number of nitrogens with zero attached hydrogens (tertiary/aromatic N) is 1. The van der Waals surface area contributed by atoms with Crippen molar-refractivity contribution in [1.82, 2.24) is 4.31 Å². The first-order valence-corrected chi connectivity index (χ1v) is 8.66. The average Bonchev–Trinajstić information content (AvgIpc) is 2.51. The van der Waals surface area contributed by atoms with Gasteiger partial charge >= 0.3 is 0 Å². The van der Waals surface area contributed by atoms with Gasteiger partial charge in [-0.2, -0.15) is 4.31 Å². The lowest BCUT2D eigenvalue weighted by molar-refractivity contribution is 0.286. The van der Waals surface area contributed by atoms with Crippen LogP contribution >= 0.6 is 0 Å². The zero-order chi connectivity index (χ0) is 17.0. The summed E-state index contributed by atoms with van der Waals surface area (Å²) in [6.45, 7) is 4.02. The summed E-state index contributed by atoms with van der Waals surface area (Å²) >= 11 is 0. The monoisotopic (exact) mass is 337 g/mol. The lowest BCUT2D eigenvalue weighted by Gasteiger charge is -2.19. The Morgan fingerprint density at radius 3 is 2.39 bits per heavy atom. The Morgan fingerprint density at radius 1 is 1.09 bits per heavy atom. The fourth-order valence-electron chi connectivity index (χ4n) is 2.10. The molecule has 2 aromatic rings. The van der Waals surface area contributed by atoms with Gasteiger partial charge in [0, 0.05) is 13.6 Å². The summed E-state index contributed by atoms with van der Waals surface area (Å²) in [5.74, 6) is 0.163. The summed E-state index contributed by atoms with van der Waals surface area (Å²) in [7, 11) is -2.04. The summed E-state index contributed by atoms with van der Waals surface area (Å²) < 4.78 is 44.7. The predicted molar refractivity (Wildman–Crippen MR) is 87.6 cm³/mol. The molecule has 2 rings (SSSR count). The van der Waals surface area contributed by atoms with Crippen molar-refractivity contribution < 1.29 is 17.5 Å². The van der Waals surface area contributed by atoms with Gasteiger partial charge in [0.1, 0.15) is 18.2 Å². The molecule has 0 aliphatic heterocycles. The van der Waals surface area contributed by atoms with E-state index in [1.54, 1.807) is 19.1 Å². The Kier molecular flexibility index (Phi) is 5.38. The van der Waals surface area contributed by atoms with E-state index in [9.17, 15) is 12.8 Å². The first kappa shape index (κ1) is 17.4. The van der Waals surface area contributed by atoms with E-state index in [0.29, 0.717) is 16.2 Å². The third kappa shape index (κ3) is 4.30. The van der Waals surface area contributed by atoms with Crippen molar-refractivity contribution in [2.24, 2.45) is 0 Å². The molecule has 0 spiro atoms. The van der Waals surface area contributed by atoms with Crippen LogP contribution in [0.4, 0.5) is 4.39 Å². The third-order valence-electron chi connectivity index (χ3n) is 3.52. The van der Waals surface area contributed by atoms with E-state index >= 15 is 0 Å². The second-order valence-corrected chi connectivity index (χ2v) is 7.41. The van der Waals surface area contributed by atoms with Crippen LogP contribution in [-0.2, 0) is 10.0 Å². The number of hydrogen-bond donors (Lipinski definition) is 0. The maximum Gasteiger partial charge on any atom is 0.243 e. The van der Waals surface area contributed by atoms with Gasteiger partial charge in [-0.1, -0.05) is 12.1 Å². The molecule has 0 aromatic heterocycles. The van der Waals surface area contributed by atoms with Crippen LogP contribution in [0.1, 0.15) is 11.1 Å². The molecule has 0 atom stereocenters. The summed E-state index contributed by atoms with van der Waals surface area (Å²) in [5, 5.41) is 0. The smallest absolute Gasteiger partial charge is 0.243 e. The van der Waals surface area contributed by atoms with Crippen LogP contribution in [0.3, 0.4) is 0 Å². The zero-order valence-corrected chi connectivity index (χ0v) is 14.2. The van der Waals surface area contributed by atoms with Crippen molar-refractivity contribution in [2.75, 3.05) is 20.2 Å². The highest BCUT2D eigenvalue weighted by molar-refractivity contribution is 7.89. The molecule has 6 heteroatoms. The molecule has 0 unspecified atom stereocenters. The van der Waals surface area contributed by atoms with Crippen LogP contribution in [0.15, 0.2) is 47.4 Å². The molecule has 0 heterocycles. The zero-order valence-electron chi connectivity index (χ0n) is 13.4. The van der Waals surface area contributed by atoms with E-state index in [2.05, 4.69) is 0 Å². The molecule has 23 heavy (non-hydrogen) atoms. The van der Waals surface area contributed by atoms with Crippen LogP contribution in [0.2, 0.25) is 0 Å². The van der Waals surface area contributed by atoms with Gasteiger partial charge in [0.05, 0.1) is 4.90 Å². The van der Waals surface area contributed by atoms with Gasteiger partial charge in [-0.3, -0.25) is 0 Å². The number of aryl methyl sites for hydroxylation is 2. The van der Waals surface area contributed by atoms with Gasteiger partial charge in [-0.05, 0) is 55.3 Å². The Morgan fingerprint density at radius 2 is 1.74 bits per heavy atom. The minimum absolute atomic E-state index is 0.187. The van der Waals surface area contributed by atoms with Crippen LogP contribution < -0.4 is 4.74 Å². The Bertz CT molecular complexity index is 773. The van der Waals surface area contributed by atoms with E-state index in [1.807, 2.05) is 13.0 Å². The quantitative estimate of drug-likeness (QED) is 0.813. The molecule has 0 amide bonds. The number of hydrogen-bond acceptors (Lipinski definition) is 3. The van der Waals surface area contributed by atoms with E-state index in [1.165, 1.54) is 35.6 Å². The van der Waals surface area contributed by atoms with Crippen molar-refractivity contribution in [1.29, 1.82) is 0 Å². The number of rotatable bonds is 6. The molecule has 2 aromatic carbocycles. The molecule has 4 nitrogen and oxygen atoms in total. The van der Waals surface area contributed by atoms with Gasteiger partial charge in [-0.25, -0.2) is 12.8 Å². The molecule has 0 bridgehead atoms. The van der Waals surface area contributed by atoms with Gasteiger partial charge in [0.2, 0.25) is 10.0 Å². The predicted octanol–water partition coefficient (Wildman–Crippen LogP) is 3.14. The van der Waals surface area contributed by atoms with Gasteiger partial charge in [0.25, 0.3) is 0 Å². The summed E-state index contributed by atoms with van der Waals surface area (Å²) in [5.41, 5.74) is 1.60. The second kappa shape index (κ2) is 7.10. The van der Waals surface area contributed by atoms with Crippen LogP contribution in [0.5, 0.6) is 5.75 Å². The average molecular weight is 337 g/mol. The van der Waals surface area contributed by atoms with Crippen LogP contribution in [0.25, 0.3) is 0 Å². The standard InChI is InChI=1S/C17H20FNO3S/c1-13-4-5-14(2)17(12-13)23(20,21)19(3)10-11-22-16-8-6-15(18)7-9-16/h4-9,12H,10-11H2,1-3H3. The molecule has 0 saturated carbocycles. The summed E-state index contributed by atoms with van der Waals surface area (Å²) in [6.07, 6.45) is 0. The normalized spacial score (nSPS) is 11.7. The molecule has 0 saturated heterocycles. The highest BCUT2D eigenvalue weighted by Gasteiger charge is 2.22. The Labute approximate surface area is 136 Å². The number of halogens is 1. The molecule has 0 aliphatic carbocycles. The fraction of sp³-hybridized carbons (Fsp3) is 0.294. The van der Waals surface area contributed by atoms with Crippen molar-refractivity contribution in [3.05, 3.63) is 59.4 Å². The number of likely N-dealkylation sites (N-methyl/N-ethyl adjacent to an activating group) is 1. The van der Waals surface area contributed by atoms with Gasteiger partial charge in [-0.15, -0.1) is 0 Å². The Balaban J connectivity index is 2.02. The van der Waals surface area contributed by atoms with Gasteiger partial charge < -0.3 is 4.74 Å². The lowest BCUT2D eigenvalue weighted by atomic mass is 10.2. The lowest BCUT2D eigenvalue weighted by Crippen LogP contribution is -2.31. The number of benzene rings is 2. The second-order valence-electron chi connectivity index (χ2n) is 5.40. The topological polar surface area (TPSA) is 46.6 Å². The third-order valence-corrected chi connectivity index (χ3v) is 5.52. The van der Waals surface area contributed by atoms with Crippen LogP contribution in [0, 0.1) is 19.7 Å². The van der Waals surface area contributed by atoms with E-state index in [-0.39, 0.29) is 19.0 Å². The molecular formula is C17H20FNO3S. The van der Waals surface area contributed by atoms with Crippen molar-refractivity contribution in [3.63, 3.8) is 0 Å². The highest BCUT2D eigenvalue weighted by atomic mass is 32.2. The maximum atomic E-state index is 12.8. The molecule has 0 N–H and O–H groups in total. The molecule has 0 radical (unpaired) electrons. The highest BCUT2D eigenvalue weighted by Crippen LogP contribution is 2.20. The molecular weight excluding hydrogens is 317 g/mol. The van der Waals surface area contributed by atoms with Crippen LogP contribution in [-0.4, -0.2) is 32.9 Å².